The van der Waals surface area contributed by atoms with Crippen molar-refractivity contribution in [3.8, 4) is 0 Å². The van der Waals surface area contributed by atoms with Gasteiger partial charge in [0.15, 0.2) is 0 Å². The first kappa shape index (κ1) is 18.6. The van der Waals surface area contributed by atoms with Gasteiger partial charge in [-0.25, -0.2) is 4.39 Å². The molecule has 0 heterocycles. The Balaban J connectivity index is 1.59. The van der Waals surface area contributed by atoms with Crippen LogP contribution >= 0.6 is 0 Å². The predicted octanol–water partition coefficient (Wildman–Crippen LogP) is 5.18. The van der Waals surface area contributed by atoms with Crippen molar-refractivity contribution in [1.82, 2.24) is 5.32 Å². The largest absolute Gasteiger partial charge is 0.353 e. The molecule has 1 amide bonds. The quantitative estimate of drug-likeness (QED) is 0.579. The SMILES string of the molecule is O=C(/C=C/c1ccc(F)cc1)NCCC(c1ccccc1)c1ccccc1. The fourth-order valence-corrected chi connectivity index (χ4v) is 3.04. The zero-order chi connectivity index (χ0) is 18.9. The van der Waals surface area contributed by atoms with Crippen molar-refractivity contribution >= 4 is 12.0 Å². The van der Waals surface area contributed by atoms with Crippen LogP contribution in [0, 0.1) is 5.82 Å². The third kappa shape index (κ3) is 5.65. The average Bonchev–Trinajstić information content (AvgIpc) is 2.72. The van der Waals surface area contributed by atoms with Crippen molar-refractivity contribution in [3.63, 3.8) is 0 Å². The molecule has 0 aliphatic rings. The summed E-state index contributed by atoms with van der Waals surface area (Å²) in [5, 5.41) is 2.93. The fourth-order valence-electron chi connectivity index (χ4n) is 3.04. The monoisotopic (exact) mass is 359 g/mol. The predicted molar refractivity (Wildman–Crippen MR) is 108 cm³/mol. The highest BCUT2D eigenvalue weighted by atomic mass is 19.1. The van der Waals surface area contributed by atoms with Crippen molar-refractivity contribution in [2.45, 2.75) is 12.3 Å². The molecule has 0 aliphatic heterocycles. The zero-order valence-electron chi connectivity index (χ0n) is 15.0. The first-order valence-electron chi connectivity index (χ1n) is 9.04. The lowest BCUT2D eigenvalue weighted by Gasteiger charge is -2.18. The molecule has 0 atom stereocenters. The maximum Gasteiger partial charge on any atom is 0.243 e. The zero-order valence-corrected chi connectivity index (χ0v) is 15.0. The standard InChI is InChI=1S/C24H22FNO/c25-22-14-11-19(12-15-22)13-16-24(27)26-18-17-23(20-7-3-1-4-8-20)21-9-5-2-6-10-21/h1-16,23H,17-18H2,(H,26,27)/b16-13+. The Morgan fingerprint density at radius 1 is 0.852 bits per heavy atom. The van der Waals surface area contributed by atoms with Gasteiger partial charge in [0, 0.05) is 18.5 Å². The summed E-state index contributed by atoms with van der Waals surface area (Å²) in [7, 11) is 0. The first-order chi connectivity index (χ1) is 13.2. The lowest BCUT2D eigenvalue weighted by Crippen LogP contribution is -2.23. The van der Waals surface area contributed by atoms with Crippen LogP contribution in [0.3, 0.4) is 0 Å². The summed E-state index contributed by atoms with van der Waals surface area (Å²) in [6.07, 6.45) is 3.97. The molecule has 0 radical (unpaired) electrons. The van der Waals surface area contributed by atoms with Crippen molar-refractivity contribution in [2.75, 3.05) is 6.54 Å². The van der Waals surface area contributed by atoms with Crippen LogP contribution in [0.25, 0.3) is 6.08 Å². The van der Waals surface area contributed by atoms with E-state index >= 15 is 0 Å². The Hall–Kier alpha value is -3.20. The first-order valence-corrected chi connectivity index (χ1v) is 9.04. The van der Waals surface area contributed by atoms with Gasteiger partial charge in [-0.1, -0.05) is 72.8 Å². The van der Waals surface area contributed by atoms with E-state index in [1.807, 2.05) is 36.4 Å². The molecule has 0 fully saturated rings. The molecule has 3 heteroatoms. The summed E-state index contributed by atoms with van der Waals surface area (Å²) in [6.45, 7) is 0.570. The van der Waals surface area contributed by atoms with Gasteiger partial charge < -0.3 is 5.32 Å². The summed E-state index contributed by atoms with van der Waals surface area (Å²) in [6, 6.07) is 26.7. The van der Waals surface area contributed by atoms with Crippen molar-refractivity contribution in [1.29, 1.82) is 0 Å². The molecule has 3 rings (SSSR count). The average molecular weight is 359 g/mol. The van der Waals surface area contributed by atoms with Crippen molar-refractivity contribution < 1.29 is 9.18 Å². The third-order valence-electron chi connectivity index (χ3n) is 4.43. The van der Waals surface area contributed by atoms with Crippen LogP contribution in [0.1, 0.15) is 29.0 Å². The summed E-state index contributed by atoms with van der Waals surface area (Å²) < 4.78 is 12.9. The van der Waals surface area contributed by atoms with Gasteiger partial charge in [-0.3, -0.25) is 4.79 Å². The van der Waals surface area contributed by atoms with Gasteiger partial charge in [0.05, 0.1) is 0 Å². The molecule has 0 unspecified atom stereocenters. The van der Waals surface area contributed by atoms with Gasteiger partial charge in [-0.2, -0.15) is 0 Å². The molecule has 0 spiro atoms. The highest BCUT2D eigenvalue weighted by molar-refractivity contribution is 5.91. The lowest BCUT2D eigenvalue weighted by atomic mass is 9.88. The van der Waals surface area contributed by atoms with E-state index in [-0.39, 0.29) is 17.6 Å². The summed E-state index contributed by atoms with van der Waals surface area (Å²) in [5.41, 5.74) is 3.26. The number of nitrogens with one attached hydrogen (secondary N) is 1. The topological polar surface area (TPSA) is 29.1 Å². The molecule has 136 valence electrons. The minimum atomic E-state index is -0.288. The Morgan fingerprint density at radius 2 is 1.41 bits per heavy atom. The second-order valence-corrected chi connectivity index (χ2v) is 6.34. The maximum atomic E-state index is 12.9. The molecule has 3 aromatic carbocycles. The molecule has 0 aromatic heterocycles. The Morgan fingerprint density at radius 3 is 1.96 bits per heavy atom. The van der Waals surface area contributed by atoms with Crippen molar-refractivity contribution in [3.05, 3.63) is 114 Å². The van der Waals surface area contributed by atoms with Crippen LogP contribution in [0.4, 0.5) is 4.39 Å². The highest BCUT2D eigenvalue weighted by Gasteiger charge is 2.13. The Kier molecular flexibility index (Phi) is 6.53. The molecule has 2 nitrogen and oxygen atoms in total. The van der Waals surface area contributed by atoms with Crippen LogP contribution in [0.15, 0.2) is 91.0 Å². The smallest absolute Gasteiger partial charge is 0.243 e. The number of carbonyl (C=O) groups is 1. The van der Waals surface area contributed by atoms with Gasteiger partial charge >= 0.3 is 0 Å². The lowest BCUT2D eigenvalue weighted by molar-refractivity contribution is -0.116. The van der Waals surface area contributed by atoms with Gasteiger partial charge in [0.2, 0.25) is 5.91 Å². The molecule has 27 heavy (non-hydrogen) atoms. The molecule has 1 N–H and O–H groups in total. The number of hydrogen-bond acceptors (Lipinski definition) is 1. The van der Waals surface area contributed by atoms with E-state index in [0.29, 0.717) is 6.54 Å². The summed E-state index contributed by atoms with van der Waals surface area (Å²) in [4.78, 5) is 12.1. The number of rotatable bonds is 7. The van der Waals surface area contributed by atoms with E-state index in [2.05, 4.69) is 29.6 Å². The van der Waals surface area contributed by atoms with Gasteiger partial charge in [-0.15, -0.1) is 0 Å². The molecular weight excluding hydrogens is 337 g/mol. The highest BCUT2D eigenvalue weighted by Crippen LogP contribution is 2.27. The molecule has 0 bridgehead atoms. The summed E-state index contributed by atoms with van der Waals surface area (Å²) >= 11 is 0. The third-order valence-corrected chi connectivity index (χ3v) is 4.43. The minimum Gasteiger partial charge on any atom is -0.353 e. The minimum absolute atomic E-state index is 0.154. The van der Waals surface area contributed by atoms with Gasteiger partial charge in [0.1, 0.15) is 5.82 Å². The second kappa shape index (κ2) is 9.48. The number of benzene rings is 3. The van der Waals surface area contributed by atoms with E-state index in [9.17, 15) is 9.18 Å². The summed E-state index contributed by atoms with van der Waals surface area (Å²) in [5.74, 6) is -0.211. The van der Waals surface area contributed by atoms with E-state index in [4.69, 9.17) is 0 Å². The van der Waals surface area contributed by atoms with E-state index < -0.39 is 0 Å². The number of hydrogen-bond donors (Lipinski definition) is 1. The maximum absolute atomic E-state index is 12.9. The van der Waals surface area contributed by atoms with Crippen molar-refractivity contribution in [2.24, 2.45) is 0 Å². The fraction of sp³-hybridized carbons (Fsp3) is 0.125. The number of amides is 1. The molecular formula is C24H22FNO. The molecule has 0 saturated heterocycles. The van der Waals surface area contributed by atoms with Crippen LogP contribution < -0.4 is 5.32 Å². The van der Waals surface area contributed by atoms with Crippen LogP contribution in [0.2, 0.25) is 0 Å². The molecule has 0 saturated carbocycles. The molecule has 0 aliphatic carbocycles. The van der Waals surface area contributed by atoms with Crippen LogP contribution in [0.5, 0.6) is 0 Å². The Bertz CT molecular complexity index is 834. The second-order valence-electron chi connectivity index (χ2n) is 6.34. The van der Waals surface area contributed by atoms with E-state index in [0.717, 1.165) is 12.0 Å². The molecule has 3 aromatic rings. The normalized spacial score (nSPS) is 11.0. The van der Waals surface area contributed by atoms with Gasteiger partial charge in [0.25, 0.3) is 0 Å². The number of halogens is 1. The number of carbonyl (C=O) groups excluding carboxylic acids is 1. The van der Waals surface area contributed by atoms with E-state index in [1.54, 1.807) is 18.2 Å². The Labute approximate surface area is 159 Å². The van der Waals surface area contributed by atoms with Crippen LogP contribution in [-0.4, -0.2) is 12.5 Å². The van der Waals surface area contributed by atoms with E-state index in [1.165, 1.54) is 29.3 Å². The van der Waals surface area contributed by atoms with Crippen LogP contribution in [-0.2, 0) is 4.79 Å². The van der Waals surface area contributed by atoms with Gasteiger partial charge in [-0.05, 0) is 41.3 Å².